The number of nitrogens with zero attached hydrogens (tertiary/aromatic N) is 2. The van der Waals surface area contributed by atoms with Gasteiger partial charge in [-0.1, -0.05) is 36.5 Å². The number of para-hydroxylation sites is 1. The number of amides is 1. The summed E-state index contributed by atoms with van der Waals surface area (Å²) in [4.78, 5) is 14.4. The maximum atomic E-state index is 12.4. The normalized spacial score (nSPS) is 19.5. The van der Waals surface area contributed by atoms with Crippen LogP contribution < -0.4 is 19.7 Å². The fraction of sp³-hybridized carbons (Fsp3) is 0.211. The Morgan fingerprint density at radius 1 is 1.12 bits per heavy atom. The second kappa shape index (κ2) is 7.42. The molecule has 0 spiro atoms. The first-order valence-corrected chi connectivity index (χ1v) is 8.31. The van der Waals surface area contributed by atoms with E-state index in [2.05, 4.69) is 5.32 Å². The van der Waals surface area contributed by atoms with Crippen LogP contribution in [0.1, 0.15) is 11.7 Å². The highest BCUT2D eigenvalue weighted by Gasteiger charge is 2.39. The van der Waals surface area contributed by atoms with E-state index in [1.807, 2.05) is 42.5 Å². The molecule has 0 bridgehead atoms. The summed E-state index contributed by atoms with van der Waals surface area (Å²) in [6.45, 7) is 0. The summed E-state index contributed by atoms with van der Waals surface area (Å²) in [5, 5.41) is 12.2. The number of thiocarbonyl (C=S) groups is 1. The van der Waals surface area contributed by atoms with E-state index in [1.165, 1.54) is 0 Å². The van der Waals surface area contributed by atoms with Gasteiger partial charge in [0, 0.05) is 5.69 Å². The molecule has 6 nitrogen and oxygen atoms in total. The smallest absolute Gasteiger partial charge is 0.246 e. The van der Waals surface area contributed by atoms with Gasteiger partial charge in [-0.15, -0.1) is 0 Å². The Labute approximate surface area is 156 Å². The molecule has 7 heteroatoms. The quantitative estimate of drug-likeness (QED) is 0.838. The zero-order valence-corrected chi connectivity index (χ0v) is 15.1. The minimum atomic E-state index is -1.01. The number of hydrogen-bond acceptors (Lipinski definition) is 5. The molecular weight excluding hydrogens is 350 g/mol. The van der Waals surface area contributed by atoms with Gasteiger partial charge in [0.2, 0.25) is 5.91 Å². The molecule has 1 amide bonds. The minimum absolute atomic E-state index is 0.266. The molecule has 132 valence electrons. The molecule has 2 unspecified atom stereocenters. The van der Waals surface area contributed by atoms with Crippen molar-refractivity contribution in [3.8, 4) is 17.6 Å². The SMILES string of the molecule is COc1ccc(C2NC(=O)C(C#N)C(=S)N2c2ccccc2)cc1OC. The van der Waals surface area contributed by atoms with Crippen molar-refractivity contribution in [3.63, 3.8) is 0 Å². The number of benzene rings is 2. The number of ether oxygens (including phenoxy) is 2. The molecule has 26 heavy (non-hydrogen) atoms. The first-order chi connectivity index (χ1) is 12.6. The molecular formula is C19H17N3O3S. The van der Waals surface area contributed by atoms with Gasteiger partial charge >= 0.3 is 0 Å². The Balaban J connectivity index is 2.10. The van der Waals surface area contributed by atoms with Crippen LogP contribution in [0, 0.1) is 17.2 Å². The van der Waals surface area contributed by atoms with Crippen molar-refractivity contribution < 1.29 is 14.3 Å². The number of nitrogens with one attached hydrogen (secondary N) is 1. The zero-order chi connectivity index (χ0) is 18.7. The molecule has 2 atom stereocenters. The topological polar surface area (TPSA) is 74.6 Å². The third kappa shape index (κ3) is 3.07. The Bertz CT molecular complexity index is 879. The van der Waals surface area contributed by atoms with E-state index in [1.54, 1.807) is 31.3 Å². The average molecular weight is 367 g/mol. The third-order valence-electron chi connectivity index (χ3n) is 4.17. The summed E-state index contributed by atoms with van der Waals surface area (Å²) < 4.78 is 10.6. The lowest BCUT2D eigenvalue weighted by atomic mass is 10.0. The minimum Gasteiger partial charge on any atom is -0.493 e. The van der Waals surface area contributed by atoms with Crippen LogP contribution in [-0.2, 0) is 4.79 Å². The summed E-state index contributed by atoms with van der Waals surface area (Å²) >= 11 is 5.48. The van der Waals surface area contributed by atoms with E-state index in [-0.39, 0.29) is 4.99 Å². The Morgan fingerprint density at radius 3 is 2.42 bits per heavy atom. The van der Waals surface area contributed by atoms with Gasteiger partial charge in [-0.3, -0.25) is 4.79 Å². The Morgan fingerprint density at radius 2 is 1.81 bits per heavy atom. The van der Waals surface area contributed by atoms with Gasteiger partial charge in [-0.25, -0.2) is 0 Å². The highest BCUT2D eigenvalue weighted by atomic mass is 32.1. The van der Waals surface area contributed by atoms with Gasteiger partial charge in [0.1, 0.15) is 11.2 Å². The zero-order valence-electron chi connectivity index (χ0n) is 14.3. The van der Waals surface area contributed by atoms with Gasteiger partial charge in [0.15, 0.2) is 17.4 Å². The molecule has 0 aromatic heterocycles. The van der Waals surface area contributed by atoms with Crippen molar-refractivity contribution in [2.24, 2.45) is 5.92 Å². The summed E-state index contributed by atoms with van der Waals surface area (Å²) in [6, 6.07) is 16.8. The average Bonchev–Trinajstić information content (AvgIpc) is 2.68. The van der Waals surface area contributed by atoms with Crippen LogP contribution in [-0.4, -0.2) is 25.1 Å². The van der Waals surface area contributed by atoms with Gasteiger partial charge < -0.3 is 19.7 Å². The molecule has 2 aromatic carbocycles. The molecule has 0 saturated carbocycles. The maximum absolute atomic E-state index is 12.4. The Hall–Kier alpha value is -3.11. The highest BCUT2D eigenvalue weighted by Crippen LogP contribution is 2.35. The lowest BCUT2D eigenvalue weighted by Crippen LogP contribution is -2.55. The maximum Gasteiger partial charge on any atom is 0.246 e. The van der Waals surface area contributed by atoms with Crippen LogP contribution in [0.2, 0.25) is 0 Å². The fourth-order valence-corrected chi connectivity index (χ4v) is 3.27. The van der Waals surface area contributed by atoms with Gasteiger partial charge in [-0.05, 0) is 29.8 Å². The molecule has 1 N–H and O–H groups in total. The predicted octanol–water partition coefficient (Wildman–Crippen LogP) is 2.81. The standard InChI is InChI=1S/C19H17N3O3S/c1-24-15-9-8-12(10-16(15)25-2)17-21-18(23)14(11-20)19(26)22(17)13-6-4-3-5-7-13/h3-10,14,17H,1-2H3,(H,21,23). The molecule has 2 aromatic rings. The number of carbonyl (C=O) groups is 1. The third-order valence-corrected chi connectivity index (χ3v) is 4.60. The van der Waals surface area contributed by atoms with Crippen molar-refractivity contribution in [2.45, 2.75) is 6.17 Å². The van der Waals surface area contributed by atoms with Crippen molar-refractivity contribution in [2.75, 3.05) is 19.1 Å². The lowest BCUT2D eigenvalue weighted by molar-refractivity contribution is -0.123. The number of anilines is 1. The van der Waals surface area contributed by atoms with Crippen LogP contribution in [0.3, 0.4) is 0 Å². The summed E-state index contributed by atoms with van der Waals surface area (Å²) in [5.41, 5.74) is 1.55. The molecule has 1 saturated heterocycles. The molecule has 1 fully saturated rings. The number of carbonyl (C=O) groups excluding carboxylic acids is 1. The largest absolute Gasteiger partial charge is 0.493 e. The van der Waals surface area contributed by atoms with Crippen LogP contribution in [0.4, 0.5) is 5.69 Å². The summed E-state index contributed by atoms with van der Waals surface area (Å²) in [7, 11) is 3.11. The van der Waals surface area contributed by atoms with E-state index in [4.69, 9.17) is 21.7 Å². The molecule has 3 rings (SSSR count). The summed E-state index contributed by atoms with van der Waals surface area (Å²) in [5.74, 6) is -0.297. The predicted molar refractivity (Wildman–Crippen MR) is 101 cm³/mol. The van der Waals surface area contributed by atoms with Crippen molar-refractivity contribution in [1.82, 2.24) is 5.32 Å². The van der Waals surface area contributed by atoms with Crippen LogP contribution in [0.25, 0.3) is 0 Å². The Kier molecular flexibility index (Phi) is 5.05. The van der Waals surface area contributed by atoms with E-state index in [9.17, 15) is 10.1 Å². The van der Waals surface area contributed by atoms with Crippen LogP contribution in [0.15, 0.2) is 48.5 Å². The molecule has 1 aliphatic heterocycles. The number of methoxy groups -OCH3 is 2. The molecule has 0 aliphatic carbocycles. The molecule has 1 aliphatic rings. The van der Waals surface area contributed by atoms with E-state index >= 15 is 0 Å². The van der Waals surface area contributed by atoms with E-state index in [0.717, 1.165) is 11.3 Å². The van der Waals surface area contributed by atoms with Gasteiger partial charge in [0.25, 0.3) is 0 Å². The van der Waals surface area contributed by atoms with Crippen molar-refractivity contribution in [3.05, 3.63) is 54.1 Å². The van der Waals surface area contributed by atoms with Gasteiger partial charge in [0.05, 0.1) is 20.3 Å². The molecule has 0 radical (unpaired) electrons. The second-order valence-electron chi connectivity index (χ2n) is 5.63. The van der Waals surface area contributed by atoms with Crippen molar-refractivity contribution >= 4 is 28.8 Å². The fourth-order valence-electron chi connectivity index (χ4n) is 2.90. The second-order valence-corrected chi connectivity index (χ2v) is 6.05. The number of hydrogen-bond donors (Lipinski definition) is 1. The number of nitriles is 1. The van der Waals surface area contributed by atoms with E-state index < -0.39 is 18.0 Å². The van der Waals surface area contributed by atoms with Crippen molar-refractivity contribution in [1.29, 1.82) is 5.26 Å². The lowest BCUT2D eigenvalue weighted by Gasteiger charge is -2.40. The van der Waals surface area contributed by atoms with Crippen LogP contribution >= 0.6 is 12.2 Å². The van der Waals surface area contributed by atoms with E-state index in [0.29, 0.717) is 11.5 Å². The van der Waals surface area contributed by atoms with Crippen LogP contribution in [0.5, 0.6) is 11.5 Å². The highest BCUT2D eigenvalue weighted by molar-refractivity contribution is 7.80. The molecule has 1 heterocycles. The van der Waals surface area contributed by atoms with Gasteiger partial charge in [-0.2, -0.15) is 5.26 Å². The summed E-state index contributed by atoms with van der Waals surface area (Å²) in [6.07, 6.45) is -0.554. The first-order valence-electron chi connectivity index (χ1n) is 7.90. The number of rotatable bonds is 4. The monoisotopic (exact) mass is 367 g/mol. The first kappa shape index (κ1) is 17.7.